The van der Waals surface area contributed by atoms with E-state index >= 15 is 0 Å². The van der Waals surface area contributed by atoms with Crippen molar-refractivity contribution in [1.29, 1.82) is 0 Å². The van der Waals surface area contributed by atoms with Gasteiger partial charge in [0, 0.05) is 12.1 Å². The normalized spacial score (nSPS) is 11.2. The molecule has 1 aromatic heterocycles. The molecule has 0 unspecified atom stereocenters. The van der Waals surface area contributed by atoms with E-state index in [2.05, 4.69) is 10.3 Å². The van der Waals surface area contributed by atoms with Crippen molar-refractivity contribution >= 4 is 29.3 Å². The average Bonchev–Trinajstić information content (AvgIpc) is 2.46. The fourth-order valence-electron chi connectivity index (χ4n) is 1.94. The highest BCUT2D eigenvalue weighted by molar-refractivity contribution is 6.31. The lowest BCUT2D eigenvalue weighted by Gasteiger charge is -2.19. The molecule has 2 rings (SSSR count). The number of alkyl carbamates (subject to hydrolysis) is 1. The predicted molar refractivity (Wildman–Crippen MR) is 92.7 cm³/mol. The summed E-state index contributed by atoms with van der Waals surface area (Å²) in [5, 5.41) is 2.91. The van der Waals surface area contributed by atoms with Crippen LogP contribution in [0, 0.1) is 5.82 Å². The first-order valence-corrected chi connectivity index (χ1v) is 7.98. The van der Waals surface area contributed by atoms with Crippen LogP contribution in [0.2, 0.25) is 10.2 Å². The minimum atomic E-state index is -0.573. The molecule has 2 aromatic rings. The highest BCUT2D eigenvalue weighted by Crippen LogP contribution is 2.25. The number of nitrogens with zero attached hydrogens (tertiary/aromatic N) is 1. The minimum absolute atomic E-state index is 0.00251. The molecule has 0 saturated heterocycles. The second-order valence-electron chi connectivity index (χ2n) is 6.17. The number of carbonyl (C=O) groups excluding carboxylic acids is 1. The number of pyridine rings is 1. The van der Waals surface area contributed by atoms with Crippen LogP contribution in [0.15, 0.2) is 30.3 Å². The lowest BCUT2D eigenvalue weighted by molar-refractivity contribution is 0.0523. The van der Waals surface area contributed by atoms with Gasteiger partial charge in [0.1, 0.15) is 16.6 Å². The zero-order valence-electron chi connectivity index (χ0n) is 13.5. The first-order chi connectivity index (χ1) is 11.1. The topological polar surface area (TPSA) is 51.2 Å². The van der Waals surface area contributed by atoms with Crippen LogP contribution in [0.25, 0.3) is 11.3 Å². The summed E-state index contributed by atoms with van der Waals surface area (Å²) in [6.07, 6.45) is -0.526. The third-order valence-corrected chi connectivity index (χ3v) is 3.39. The van der Waals surface area contributed by atoms with Gasteiger partial charge in [0.25, 0.3) is 0 Å². The lowest BCUT2D eigenvalue weighted by atomic mass is 10.1. The summed E-state index contributed by atoms with van der Waals surface area (Å²) >= 11 is 11.8. The molecule has 0 aliphatic rings. The highest BCUT2D eigenvalue weighted by Gasteiger charge is 2.16. The van der Waals surface area contributed by atoms with E-state index < -0.39 is 17.5 Å². The lowest BCUT2D eigenvalue weighted by Crippen LogP contribution is -2.32. The van der Waals surface area contributed by atoms with E-state index in [1.54, 1.807) is 39.0 Å². The molecule has 0 spiro atoms. The van der Waals surface area contributed by atoms with Crippen LogP contribution in [-0.4, -0.2) is 16.7 Å². The van der Waals surface area contributed by atoms with Gasteiger partial charge in [-0.25, -0.2) is 14.2 Å². The van der Waals surface area contributed by atoms with Gasteiger partial charge in [0.15, 0.2) is 0 Å². The van der Waals surface area contributed by atoms with Crippen molar-refractivity contribution in [1.82, 2.24) is 10.3 Å². The molecule has 128 valence electrons. The van der Waals surface area contributed by atoms with Crippen molar-refractivity contribution in [3.8, 4) is 11.3 Å². The summed E-state index contributed by atoms with van der Waals surface area (Å²) in [7, 11) is 0. The van der Waals surface area contributed by atoms with E-state index in [1.807, 2.05) is 0 Å². The molecule has 0 aliphatic heterocycles. The van der Waals surface area contributed by atoms with Crippen molar-refractivity contribution in [2.45, 2.75) is 32.9 Å². The van der Waals surface area contributed by atoms with E-state index in [9.17, 15) is 9.18 Å². The summed E-state index contributed by atoms with van der Waals surface area (Å²) in [5.74, 6) is -0.505. The van der Waals surface area contributed by atoms with Crippen LogP contribution in [0.1, 0.15) is 26.3 Å². The van der Waals surface area contributed by atoms with E-state index in [0.717, 1.165) is 5.56 Å². The number of benzene rings is 1. The van der Waals surface area contributed by atoms with E-state index in [4.69, 9.17) is 27.9 Å². The Bertz CT molecular complexity index is 761. The van der Waals surface area contributed by atoms with Crippen molar-refractivity contribution in [2.24, 2.45) is 0 Å². The molecule has 0 aliphatic carbocycles. The SMILES string of the molecule is CC(C)(C)OC(=O)NCc1cc(Cl)nc(-c2ccc(F)c(Cl)c2)c1. The number of halogens is 3. The monoisotopic (exact) mass is 370 g/mol. The van der Waals surface area contributed by atoms with Crippen molar-refractivity contribution in [3.05, 3.63) is 51.9 Å². The molecule has 1 amide bonds. The maximum Gasteiger partial charge on any atom is 0.407 e. The Morgan fingerprint density at radius 1 is 1.25 bits per heavy atom. The van der Waals surface area contributed by atoms with Crippen molar-refractivity contribution < 1.29 is 13.9 Å². The van der Waals surface area contributed by atoms with Gasteiger partial charge in [-0.1, -0.05) is 23.2 Å². The molecule has 0 radical (unpaired) electrons. The fourth-order valence-corrected chi connectivity index (χ4v) is 2.36. The molecule has 0 bridgehead atoms. The third kappa shape index (κ3) is 5.35. The summed E-state index contributed by atoms with van der Waals surface area (Å²) in [4.78, 5) is 15.9. The molecule has 1 N–H and O–H groups in total. The molecule has 0 atom stereocenters. The molecule has 0 saturated carbocycles. The Labute approximate surface area is 149 Å². The van der Waals surface area contributed by atoms with E-state index in [1.165, 1.54) is 12.1 Å². The Balaban J connectivity index is 2.16. The van der Waals surface area contributed by atoms with Gasteiger partial charge >= 0.3 is 6.09 Å². The van der Waals surface area contributed by atoms with E-state index in [0.29, 0.717) is 11.3 Å². The Morgan fingerprint density at radius 2 is 1.96 bits per heavy atom. The molecular weight excluding hydrogens is 354 g/mol. The zero-order chi connectivity index (χ0) is 17.9. The highest BCUT2D eigenvalue weighted by atomic mass is 35.5. The number of ether oxygens (including phenoxy) is 1. The van der Waals surface area contributed by atoms with Crippen molar-refractivity contribution in [2.75, 3.05) is 0 Å². The number of amides is 1. The molecule has 4 nitrogen and oxygen atoms in total. The zero-order valence-corrected chi connectivity index (χ0v) is 15.0. The summed E-state index contributed by atoms with van der Waals surface area (Å²) in [6, 6.07) is 7.67. The number of hydrogen-bond donors (Lipinski definition) is 1. The van der Waals surface area contributed by atoms with Gasteiger partial charge in [-0.3, -0.25) is 0 Å². The van der Waals surface area contributed by atoms with Gasteiger partial charge in [-0.2, -0.15) is 0 Å². The Kier molecular flexibility index (Phi) is 5.67. The number of rotatable bonds is 3. The number of nitrogens with one attached hydrogen (secondary N) is 1. The first-order valence-electron chi connectivity index (χ1n) is 7.23. The number of carbonyl (C=O) groups is 1. The standard InChI is InChI=1S/C17H17Cl2FN2O2/c1-17(2,3)24-16(23)21-9-10-6-14(22-15(19)7-10)11-4-5-13(20)12(18)8-11/h4-8H,9H2,1-3H3,(H,21,23). The van der Waals surface area contributed by atoms with Crippen molar-refractivity contribution in [3.63, 3.8) is 0 Å². The Morgan fingerprint density at radius 3 is 2.58 bits per heavy atom. The summed E-state index contributed by atoms with van der Waals surface area (Å²) < 4.78 is 18.5. The largest absolute Gasteiger partial charge is 0.444 e. The summed E-state index contributed by atoms with van der Waals surface area (Å²) in [6.45, 7) is 5.57. The fraction of sp³-hybridized carbons (Fsp3) is 0.294. The Hall–Kier alpha value is -1.85. The summed E-state index contributed by atoms with van der Waals surface area (Å²) in [5.41, 5.74) is 1.32. The van der Waals surface area contributed by atoms with Gasteiger partial charge in [0.05, 0.1) is 10.7 Å². The minimum Gasteiger partial charge on any atom is -0.444 e. The van der Waals surface area contributed by atoms with Crippen LogP contribution < -0.4 is 5.32 Å². The van der Waals surface area contributed by atoms with Crippen LogP contribution in [-0.2, 0) is 11.3 Å². The quantitative estimate of drug-likeness (QED) is 0.753. The number of aromatic nitrogens is 1. The molecular formula is C17H17Cl2FN2O2. The van der Waals surface area contributed by atoms with Gasteiger partial charge in [-0.05, 0) is 56.7 Å². The van der Waals surface area contributed by atoms with Crippen LogP contribution >= 0.6 is 23.2 Å². The molecule has 7 heteroatoms. The molecule has 0 fully saturated rings. The molecule has 1 aromatic carbocycles. The predicted octanol–water partition coefficient (Wildman–Crippen LogP) is 5.22. The first kappa shape index (κ1) is 18.5. The molecule has 1 heterocycles. The van der Waals surface area contributed by atoms with Crippen LogP contribution in [0.4, 0.5) is 9.18 Å². The van der Waals surface area contributed by atoms with Gasteiger partial charge in [0.2, 0.25) is 0 Å². The number of hydrogen-bond acceptors (Lipinski definition) is 3. The second-order valence-corrected chi connectivity index (χ2v) is 6.96. The van der Waals surface area contributed by atoms with Gasteiger partial charge in [-0.15, -0.1) is 0 Å². The second kappa shape index (κ2) is 7.36. The molecule has 24 heavy (non-hydrogen) atoms. The van der Waals surface area contributed by atoms with Crippen LogP contribution in [0.5, 0.6) is 0 Å². The van der Waals surface area contributed by atoms with Gasteiger partial charge < -0.3 is 10.1 Å². The smallest absolute Gasteiger partial charge is 0.407 e. The maximum absolute atomic E-state index is 13.3. The van der Waals surface area contributed by atoms with E-state index in [-0.39, 0.29) is 16.7 Å². The maximum atomic E-state index is 13.3. The average molecular weight is 371 g/mol. The third-order valence-electron chi connectivity index (χ3n) is 2.90. The van der Waals surface area contributed by atoms with Crippen LogP contribution in [0.3, 0.4) is 0 Å².